The maximum absolute atomic E-state index is 11.6. The fourth-order valence-electron chi connectivity index (χ4n) is 1.49. The second-order valence-electron chi connectivity index (χ2n) is 4.01. The second-order valence-corrected chi connectivity index (χ2v) is 4.01. The molecule has 0 aliphatic heterocycles. The molecule has 0 bridgehead atoms. The van der Waals surface area contributed by atoms with E-state index in [4.69, 9.17) is 0 Å². The van der Waals surface area contributed by atoms with Gasteiger partial charge in [0, 0.05) is 11.7 Å². The molecule has 3 heteroatoms. The van der Waals surface area contributed by atoms with E-state index in [1.54, 1.807) is 0 Å². The lowest BCUT2D eigenvalue weighted by molar-refractivity contribution is 0.248. The van der Waals surface area contributed by atoms with Crippen LogP contribution in [0.15, 0.2) is 30.3 Å². The van der Waals surface area contributed by atoms with Gasteiger partial charge in [0.2, 0.25) is 0 Å². The van der Waals surface area contributed by atoms with Crippen LogP contribution in [0.1, 0.15) is 33.1 Å². The molecule has 0 saturated heterocycles. The topological polar surface area (TPSA) is 41.1 Å². The molecule has 1 rings (SSSR count). The van der Waals surface area contributed by atoms with Crippen molar-refractivity contribution in [2.45, 2.75) is 39.2 Å². The van der Waals surface area contributed by atoms with Gasteiger partial charge >= 0.3 is 6.03 Å². The minimum absolute atomic E-state index is 0.130. The van der Waals surface area contributed by atoms with E-state index in [1.807, 2.05) is 37.3 Å². The zero-order valence-corrected chi connectivity index (χ0v) is 9.99. The Labute approximate surface area is 97.2 Å². The number of benzene rings is 1. The number of carbonyl (C=O) groups excluding carboxylic acids is 1. The Morgan fingerprint density at radius 2 is 2.00 bits per heavy atom. The van der Waals surface area contributed by atoms with Crippen LogP contribution in [-0.4, -0.2) is 12.1 Å². The third kappa shape index (κ3) is 4.82. The minimum Gasteiger partial charge on any atom is -0.335 e. The van der Waals surface area contributed by atoms with Gasteiger partial charge in [-0.25, -0.2) is 4.79 Å². The molecule has 1 aromatic rings. The number of para-hydroxylation sites is 1. The van der Waals surface area contributed by atoms with Crippen molar-refractivity contribution in [3.63, 3.8) is 0 Å². The van der Waals surface area contributed by atoms with Crippen molar-refractivity contribution in [1.29, 1.82) is 0 Å². The highest BCUT2D eigenvalue weighted by Gasteiger charge is 2.06. The van der Waals surface area contributed by atoms with E-state index in [0.29, 0.717) is 0 Å². The number of urea groups is 1. The molecule has 0 spiro atoms. The number of anilines is 1. The second kappa shape index (κ2) is 6.88. The van der Waals surface area contributed by atoms with Crippen LogP contribution in [0, 0.1) is 0 Å². The molecule has 2 N–H and O–H groups in total. The Hall–Kier alpha value is -1.51. The summed E-state index contributed by atoms with van der Waals surface area (Å²) in [6.45, 7) is 4.18. The molecule has 3 nitrogen and oxygen atoms in total. The Morgan fingerprint density at radius 3 is 2.62 bits per heavy atom. The average Bonchev–Trinajstić information content (AvgIpc) is 2.27. The summed E-state index contributed by atoms with van der Waals surface area (Å²) in [6.07, 6.45) is 3.33. The predicted octanol–water partition coefficient (Wildman–Crippen LogP) is 3.39. The van der Waals surface area contributed by atoms with Crippen LogP contribution < -0.4 is 10.6 Å². The SMILES string of the molecule is CCCCC(C)NC(=O)Nc1ccccc1. The van der Waals surface area contributed by atoms with Crippen molar-refractivity contribution in [2.24, 2.45) is 0 Å². The molecule has 0 radical (unpaired) electrons. The van der Waals surface area contributed by atoms with Crippen LogP contribution in [0.5, 0.6) is 0 Å². The summed E-state index contributed by atoms with van der Waals surface area (Å²) in [5.74, 6) is 0. The summed E-state index contributed by atoms with van der Waals surface area (Å²) < 4.78 is 0. The molecule has 0 saturated carbocycles. The highest BCUT2D eigenvalue weighted by atomic mass is 16.2. The summed E-state index contributed by atoms with van der Waals surface area (Å²) in [7, 11) is 0. The first-order valence-corrected chi connectivity index (χ1v) is 5.85. The van der Waals surface area contributed by atoms with Crippen LogP contribution in [0.4, 0.5) is 10.5 Å². The number of hydrogen-bond acceptors (Lipinski definition) is 1. The van der Waals surface area contributed by atoms with Crippen molar-refractivity contribution < 1.29 is 4.79 Å². The maximum Gasteiger partial charge on any atom is 0.319 e. The van der Waals surface area contributed by atoms with Gasteiger partial charge in [0.15, 0.2) is 0 Å². The number of hydrogen-bond donors (Lipinski definition) is 2. The minimum atomic E-state index is -0.130. The standard InChI is InChI=1S/C13H20N2O/c1-3-4-8-11(2)14-13(16)15-12-9-6-5-7-10-12/h5-7,9-11H,3-4,8H2,1-2H3,(H2,14,15,16). The van der Waals surface area contributed by atoms with E-state index in [1.165, 1.54) is 0 Å². The van der Waals surface area contributed by atoms with Crippen LogP contribution in [0.2, 0.25) is 0 Å². The number of unbranched alkanes of at least 4 members (excludes halogenated alkanes) is 1. The third-order valence-corrected chi connectivity index (χ3v) is 2.40. The van der Waals surface area contributed by atoms with Crippen LogP contribution >= 0.6 is 0 Å². The smallest absolute Gasteiger partial charge is 0.319 e. The third-order valence-electron chi connectivity index (χ3n) is 2.40. The van der Waals surface area contributed by atoms with Gasteiger partial charge in [-0.3, -0.25) is 0 Å². The largest absolute Gasteiger partial charge is 0.335 e. The van der Waals surface area contributed by atoms with Crippen molar-refractivity contribution in [2.75, 3.05) is 5.32 Å². The highest BCUT2D eigenvalue weighted by molar-refractivity contribution is 5.89. The van der Waals surface area contributed by atoms with Crippen LogP contribution in [-0.2, 0) is 0 Å². The van der Waals surface area contributed by atoms with E-state index in [-0.39, 0.29) is 12.1 Å². The van der Waals surface area contributed by atoms with Gasteiger partial charge in [-0.2, -0.15) is 0 Å². The Balaban J connectivity index is 2.31. The van der Waals surface area contributed by atoms with E-state index in [0.717, 1.165) is 24.9 Å². The van der Waals surface area contributed by atoms with Gasteiger partial charge in [0.25, 0.3) is 0 Å². The van der Waals surface area contributed by atoms with Crippen molar-refractivity contribution in [3.05, 3.63) is 30.3 Å². The lowest BCUT2D eigenvalue weighted by atomic mass is 10.1. The molecule has 1 aromatic carbocycles. The Bertz CT molecular complexity index is 311. The first-order valence-electron chi connectivity index (χ1n) is 5.85. The quantitative estimate of drug-likeness (QED) is 0.784. The molecule has 1 atom stereocenters. The van der Waals surface area contributed by atoms with Gasteiger partial charge in [-0.15, -0.1) is 0 Å². The van der Waals surface area contributed by atoms with Crippen LogP contribution in [0.25, 0.3) is 0 Å². The molecule has 0 aromatic heterocycles. The van der Waals surface area contributed by atoms with Gasteiger partial charge < -0.3 is 10.6 Å². The van der Waals surface area contributed by atoms with E-state index < -0.39 is 0 Å². The summed E-state index contributed by atoms with van der Waals surface area (Å²) in [4.78, 5) is 11.6. The summed E-state index contributed by atoms with van der Waals surface area (Å²) >= 11 is 0. The molecule has 0 heterocycles. The molecule has 16 heavy (non-hydrogen) atoms. The first-order chi connectivity index (χ1) is 7.72. The van der Waals surface area contributed by atoms with E-state index >= 15 is 0 Å². The van der Waals surface area contributed by atoms with Gasteiger partial charge in [-0.1, -0.05) is 38.0 Å². The molecule has 0 aliphatic carbocycles. The zero-order chi connectivity index (χ0) is 11.8. The zero-order valence-electron chi connectivity index (χ0n) is 9.99. The lowest BCUT2D eigenvalue weighted by Gasteiger charge is -2.14. The Morgan fingerprint density at radius 1 is 1.31 bits per heavy atom. The molecule has 0 fully saturated rings. The fourth-order valence-corrected chi connectivity index (χ4v) is 1.49. The lowest BCUT2D eigenvalue weighted by Crippen LogP contribution is -2.35. The van der Waals surface area contributed by atoms with Crippen LogP contribution in [0.3, 0.4) is 0 Å². The Kier molecular flexibility index (Phi) is 5.40. The number of rotatable bonds is 5. The molecule has 88 valence electrons. The monoisotopic (exact) mass is 220 g/mol. The van der Waals surface area contributed by atoms with Gasteiger partial charge in [0.1, 0.15) is 0 Å². The maximum atomic E-state index is 11.6. The number of amides is 2. The molecule has 2 amide bonds. The first kappa shape index (κ1) is 12.6. The molecule has 1 unspecified atom stereocenters. The molecule has 0 aliphatic rings. The fraction of sp³-hybridized carbons (Fsp3) is 0.462. The summed E-state index contributed by atoms with van der Waals surface area (Å²) in [5, 5.41) is 5.71. The summed E-state index contributed by atoms with van der Waals surface area (Å²) in [6, 6.07) is 9.56. The number of carbonyl (C=O) groups is 1. The van der Waals surface area contributed by atoms with Crippen molar-refractivity contribution in [3.8, 4) is 0 Å². The van der Waals surface area contributed by atoms with Gasteiger partial charge in [0.05, 0.1) is 0 Å². The van der Waals surface area contributed by atoms with E-state index in [2.05, 4.69) is 17.6 Å². The predicted molar refractivity (Wildman–Crippen MR) is 67.6 cm³/mol. The average molecular weight is 220 g/mol. The van der Waals surface area contributed by atoms with Crippen molar-refractivity contribution >= 4 is 11.7 Å². The highest BCUT2D eigenvalue weighted by Crippen LogP contribution is 2.05. The molecular formula is C13H20N2O. The van der Waals surface area contributed by atoms with Crippen molar-refractivity contribution in [1.82, 2.24) is 5.32 Å². The number of nitrogens with one attached hydrogen (secondary N) is 2. The van der Waals surface area contributed by atoms with Gasteiger partial charge in [-0.05, 0) is 25.5 Å². The normalized spacial score (nSPS) is 11.9. The van der Waals surface area contributed by atoms with E-state index in [9.17, 15) is 4.79 Å². The molecular weight excluding hydrogens is 200 g/mol. The summed E-state index contributed by atoms with van der Waals surface area (Å²) in [5.41, 5.74) is 0.822.